The number of amides is 2. The minimum atomic E-state index is -0.584. The normalized spacial score (nSPS) is 11.7. The number of nitrogens with two attached hydrogens (primary N) is 2. The van der Waals surface area contributed by atoms with Crippen LogP contribution in [0.2, 0.25) is 0 Å². The number of imidazole rings is 1. The number of aryl methyl sites for hydroxylation is 2. The number of carbonyl (C=O) groups excluding carboxylic acids is 2. The second-order valence-electron chi connectivity index (χ2n) is 7.01. The van der Waals surface area contributed by atoms with Crippen molar-refractivity contribution >= 4 is 39.8 Å². The van der Waals surface area contributed by atoms with Crippen molar-refractivity contribution in [1.82, 2.24) is 19.3 Å². The largest absolute Gasteiger partial charge is 0.462 e. The van der Waals surface area contributed by atoms with Gasteiger partial charge in [0.15, 0.2) is 5.58 Å². The van der Waals surface area contributed by atoms with Crippen LogP contribution in [0.3, 0.4) is 0 Å². The molecule has 10 nitrogen and oxygen atoms in total. The second kappa shape index (κ2) is 8.07. The number of primary amides is 1. The van der Waals surface area contributed by atoms with Crippen LogP contribution in [-0.4, -0.2) is 37.7 Å². The lowest BCUT2D eigenvalue weighted by Crippen LogP contribution is -2.19. The van der Waals surface area contributed by atoms with Gasteiger partial charge in [0.05, 0.1) is 23.0 Å². The first kappa shape index (κ1) is 20.4. The average Bonchev–Trinajstić information content (AvgIpc) is 3.44. The highest BCUT2D eigenvalue weighted by Crippen LogP contribution is 2.32. The summed E-state index contributed by atoms with van der Waals surface area (Å²) in [5.74, 6) is -0.617. The molecule has 0 fully saturated rings. The van der Waals surface area contributed by atoms with E-state index in [1.165, 1.54) is 6.26 Å². The summed E-state index contributed by atoms with van der Waals surface area (Å²) in [6.45, 7) is 5.07. The molecule has 1 aromatic carbocycles. The average molecular weight is 421 g/mol. The van der Waals surface area contributed by atoms with Gasteiger partial charge in [-0.3, -0.25) is 19.6 Å². The van der Waals surface area contributed by atoms with E-state index in [1.54, 1.807) is 27.4 Å². The third kappa shape index (κ3) is 3.57. The number of nitrogens with one attached hydrogen (secondary N) is 1. The van der Waals surface area contributed by atoms with Crippen molar-refractivity contribution in [3.8, 4) is 0 Å². The Labute approximate surface area is 177 Å². The molecule has 4 aromatic rings. The molecule has 0 aliphatic rings. The minimum Gasteiger partial charge on any atom is -0.462 e. The number of allylic oxidation sites excluding steroid dienone is 1. The fourth-order valence-corrected chi connectivity index (χ4v) is 3.62. The SMILES string of the molecule is CCn1nc(C)cc1C(=O)Nc1nc2cc(C(N)=O)c3ccoc3c2n1C/C=C/CN. The fraction of sp³-hybridized carbons (Fsp3) is 0.238. The highest BCUT2D eigenvalue weighted by Gasteiger charge is 2.22. The number of hydrogen-bond acceptors (Lipinski definition) is 6. The van der Waals surface area contributed by atoms with E-state index in [0.717, 1.165) is 5.69 Å². The summed E-state index contributed by atoms with van der Waals surface area (Å²) in [5, 5.41) is 7.77. The number of carbonyl (C=O) groups is 2. The zero-order valence-corrected chi connectivity index (χ0v) is 17.3. The number of aromatic nitrogens is 4. The third-order valence-electron chi connectivity index (χ3n) is 4.96. The van der Waals surface area contributed by atoms with Gasteiger partial charge in [-0.1, -0.05) is 12.2 Å². The van der Waals surface area contributed by atoms with Crippen molar-refractivity contribution in [3.63, 3.8) is 0 Å². The van der Waals surface area contributed by atoms with E-state index in [-0.39, 0.29) is 5.91 Å². The molecule has 0 aliphatic carbocycles. The highest BCUT2D eigenvalue weighted by molar-refractivity contribution is 6.14. The molecule has 3 aromatic heterocycles. The monoisotopic (exact) mass is 421 g/mol. The Morgan fingerprint density at radius 2 is 2.10 bits per heavy atom. The predicted molar refractivity (Wildman–Crippen MR) is 117 cm³/mol. The van der Waals surface area contributed by atoms with Crippen LogP contribution in [0.5, 0.6) is 0 Å². The van der Waals surface area contributed by atoms with Gasteiger partial charge in [0.2, 0.25) is 11.9 Å². The topological polar surface area (TPSA) is 147 Å². The van der Waals surface area contributed by atoms with Gasteiger partial charge in [-0.2, -0.15) is 5.10 Å². The van der Waals surface area contributed by atoms with Crippen LogP contribution in [0.1, 0.15) is 33.5 Å². The van der Waals surface area contributed by atoms with Gasteiger partial charge < -0.3 is 20.5 Å². The molecule has 0 atom stereocenters. The summed E-state index contributed by atoms with van der Waals surface area (Å²) < 4.78 is 9.10. The number of rotatable bonds is 7. The van der Waals surface area contributed by atoms with Crippen LogP contribution in [0.15, 0.2) is 41.0 Å². The quantitative estimate of drug-likeness (QED) is 0.390. The Balaban J connectivity index is 1.87. The number of furan rings is 1. The van der Waals surface area contributed by atoms with E-state index >= 15 is 0 Å². The molecule has 0 aliphatic heterocycles. The summed E-state index contributed by atoms with van der Waals surface area (Å²) in [5.41, 5.74) is 14.2. The molecule has 0 bridgehead atoms. The summed E-state index contributed by atoms with van der Waals surface area (Å²) in [6, 6.07) is 5.01. The van der Waals surface area contributed by atoms with Crippen molar-refractivity contribution in [2.45, 2.75) is 26.9 Å². The summed E-state index contributed by atoms with van der Waals surface area (Å²) >= 11 is 0. The molecule has 4 rings (SSSR count). The molecular weight excluding hydrogens is 398 g/mol. The molecule has 0 radical (unpaired) electrons. The predicted octanol–water partition coefficient (Wildman–Crippen LogP) is 2.17. The summed E-state index contributed by atoms with van der Waals surface area (Å²) in [4.78, 5) is 29.5. The minimum absolute atomic E-state index is 0.302. The lowest BCUT2D eigenvalue weighted by Gasteiger charge is -2.09. The summed E-state index contributed by atoms with van der Waals surface area (Å²) in [7, 11) is 0. The van der Waals surface area contributed by atoms with E-state index < -0.39 is 5.91 Å². The number of fused-ring (bicyclic) bond motifs is 3. The van der Waals surface area contributed by atoms with Gasteiger partial charge >= 0.3 is 0 Å². The van der Waals surface area contributed by atoms with Gasteiger partial charge in [0.1, 0.15) is 11.2 Å². The number of anilines is 1. The molecule has 10 heteroatoms. The van der Waals surface area contributed by atoms with Gasteiger partial charge in [-0.05, 0) is 32.0 Å². The molecule has 0 saturated carbocycles. The van der Waals surface area contributed by atoms with Gasteiger partial charge in [0.25, 0.3) is 5.91 Å². The van der Waals surface area contributed by atoms with Crippen LogP contribution >= 0.6 is 0 Å². The van der Waals surface area contributed by atoms with Crippen LogP contribution < -0.4 is 16.8 Å². The Hall–Kier alpha value is -3.92. The van der Waals surface area contributed by atoms with Crippen LogP contribution in [-0.2, 0) is 13.1 Å². The van der Waals surface area contributed by atoms with Gasteiger partial charge in [0, 0.05) is 25.0 Å². The standard InChI is InChI=1S/C21H23N7O3/c1-3-28-16(10-12(2)26-28)20(30)25-21-24-15-11-14(19(23)29)13-6-9-31-18(13)17(15)27(21)8-5-4-7-22/h4-6,9-11H,3,7-8,22H2,1-2H3,(H2,23,29)(H,24,25,30)/b5-4+. The van der Waals surface area contributed by atoms with Crippen molar-refractivity contribution in [2.24, 2.45) is 11.5 Å². The van der Waals surface area contributed by atoms with Crippen LogP contribution in [0, 0.1) is 6.92 Å². The van der Waals surface area contributed by atoms with Gasteiger partial charge in [-0.25, -0.2) is 4.98 Å². The Kier molecular flexibility index (Phi) is 5.30. The first-order chi connectivity index (χ1) is 14.9. The maximum atomic E-state index is 13.0. The lowest BCUT2D eigenvalue weighted by molar-refractivity contribution is 0.0997. The Morgan fingerprint density at radius 3 is 2.81 bits per heavy atom. The van der Waals surface area contributed by atoms with E-state index in [4.69, 9.17) is 15.9 Å². The maximum absolute atomic E-state index is 13.0. The highest BCUT2D eigenvalue weighted by atomic mass is 16.3. The zero-order chi connectivity index (χ0) is 22.1. The smallest absolute Gasteiger partial charge is 0.276 e. The van der Waals surface area contributed by atoms with Gasteiger partial charge in [-0.15, -0.1) is 0 Å². The molecular formula is C21H23N7O3. The first-order valence-corrected chi connectivity index (χ1v) is 9.85. The summed E-state index contributed by atoms with van der Waals surface area (Å²) in [6.07, 6.45) is 5.17. The number of benzene rings is 1. The van der Waals surface area contributed by atoms with Crippen LogP contribution in [0.25, 0.3) is 22.0 Å². The van der Waals surface area contributed by atoms with E-state index in [2.05, 4.69) is 15.4 Å². The van der Waals surface area contributed by atoms with E-state index in [1.807, 2.05) is 26.0 Å². The Bertz CT molecular complexity index is 1330. The Morgan fingerprint density at radius 1 is 1.29 bits per heavy atom. The molecule has 31 heavy (non-hydrogen) atoms. The first-order valence-electron chi connectivity index (χ1n) is 9.85. The number of hydrogen-bond donors (Lipinski definition) is 3. The van der Waals surface area contributed by atoms with Crippen molar-refractivity contribution in [3.05, 3.63) is 53.6 Å². The lowest BCUT2D eigenvalue weighted by atomic mass is 10.1. The van der Waals surface area contributed by atoms with Crippen molar-refractivity contribution in [1.29, 1.82) is 0 Å². The van der Waals surface area contributed by atoms with E-state index in [0.29, 0.717) is 58.8 Å². The molecule has 0 saturated heterocycles. The zero-order valence-electron chi connectivity index (χ0n) is 17.3. The van der Waals surface area contributed by atoms with Crippen LogP contribution in [0.4, 0.5) is 5.95 Å². The maximum Gasteiger partial charge on any atom is 0.276 e. The fourth-order valence-electron chi connectivity index (χ4n) is 3.62. The molecule has 160 valence electrons. The number of nitrogens with zero attached hydrogens (tertiary/aromatic N) is 4. The molecule has 0 spiro atoms. The van der Waals surface area contributed by atoms with E-state index in [9.17, 15) is 9.59 Å². The molecule has 2 amide bonds. The third-order valence-corrected chi connectivity index (χ3v) is 4.96. The molecule has 3 heterocycles. The molecule has 5 N–H and O–H groups in total. The second-order valence-corrected chi connectivity index (χ2v) is 7.01. The molecule has 0 unspecified atom stereocenters. The van der Waals surface area contributed by atoms with Crippen molar-refractivity contribution < 1.29 is 14.0 Å². The van der Waals surface area contributed by atoms with Crippen molar-refractivity contribution in [2.75, 3.05) is 11.9 Å².